The molecule has 156 valence electrons. The molecule has 1 saturated heterocycles. The van der Waals surface area contributed by atoms with Gasteiger partial charge < -0.3 is 19.1 Å². The topological polar surface area (TPSA) is 80.4 Å². The summed E-state index contributed by atoms with van der Waals surface area (Å²) < 4.78 is 10.7. The molecule has 1 aliphatic heterocycles. The molecule has 1 fully saturated rings. The standard InChI is InChI=1S/C23H22N6O2/c1-30-19-9-5-8-18(16-19)28-12-14-29(15-13-28)21-11-10-20(25-26-21)23-24-22(27-31-23)17-6-3-2-4-7-17/h2-11,16H,12-15H2,1H3. The fourth-order valence-corrected chi connectivity index (χ4v) is 3.64. The summed E-state index contributed by atoms with van der Waals surface area (Å²) in [5, 5.41) is 12.8. The molecule has 8 heteroatoms. The van der Waals surface area contributed by atoms with Gasteiger partial charge in [-0.3, -0.25) is 0 Å². The first-order valence-corrected chi connectivity index (χ1v) is 10.2. The lowest BCUT2D eigenvalue weighted by Gasteiger charge is -2.36. The molecule has 5 rings (SSSR count). The highest BCUT2D eigenvalue weighted by Gasteiger charge is 2.20. The summed E-state index contributed by atoms with van der Waals surface area (Å²) in [5.41, 5.74) is 2.63. The lowest BCUT2D eigenvalue weighted by molar-refractivity contribution is 0.414. The molecule has 2 aromatic carbocycles. The average Bonchev–Trinajstić information content (AvgIpc) is 3.35. The van der Waals surface area contributed by atoms with Crippen molar-refractivity contribution in [3.05, 3.63) is 66.7 Å². The second-order valence-corrected chi connectivity index (χ2v) is 7.24. The molecule has 0 aliphatic carbocycles. The van der Waals surface area contributed by atoms with E-state index in [-0.39, 0.29) is 0 Å². The molecule has 0 amide bonds. The summed E-state index contributed by atoms with van der Waals surface area (Å²) in [6.07, 6.45) is 0. The molecule has 0 atom stereocenters. The number of hydrogen-bond acceptors (Lipinski definition) is 8. The number of hydrogen-bond donors (Lipinski definition) is 0. The van der Waals surface area contributed by atoms with E-state index in [0.717, 1.165) is 43.3 Å². The van der Waals surface area contributed by atoms with Crippen molar-refractivity contribution in [1.82, 2.24) is 20.3 Å². The van der Waals surface area contributed by atoms with E-state index in [9.17, 15) is 0 Å². The zero-order valence-electron chi connectivity index (χ0n) is 17.2. The summed E-state index contributed by atoms with van der Waals surface area (Å²) in [5.74, 6) is 2.62. The molecule has 0 spiro atoms. The maximum atomic E-state index is 5.38. The Bertz CT molecular complexity index is 1140. The van der Waals surface area contributed by atoms with Gasteiger partial charge in [-0.05, 0) is 24.3 Å². The Balaban J connectivity index is 1.24. The molecule has 31 heavy (non-hydrogen) atoms. The maximum Gasteiger partial charge on any atom is 0.278 e. The van der Waals surface area contributed by atoms with Crippen molar-refractivity contribution in [2.24, 2.45) is 0 Å². The number of ether oxygens (including phenoxy) is 1. The van der Waals surface area contributed by atoms with E-state index in [1.807, 2.05) is 54.6 Å². The number of aromatic nitrogens is 4. The fraction of sp³-hybridized carbons (Fsp3) is 0.217. The second-order valence-electron chi connectivity index (χ2n) is 7.24. The van der Waals surface area contributed by atoms with Crippen molar-refractivity contribution in [2.75, 3.05) is 43.1 Å². The number of piperazine rings is 1. The summed E-state index contributed by atoms with van der Waals surface area (Å²) in [6.45, 7) is 3.54. The number of rotatable bonds is 5. The zero-order chi connectivity index (χ0) is 21.0. The van der Waals surface area contributed by atoms with Crippen LogP contribution in [0.15, 0.2) is 71.3 Å². The molecule has 0 radical (unpaired) electrons. The Hall–Kier alpha value is -3.94. The first kappa shape index (κ1) is 19.0. The highest BCUT2D eigenvalue weighted by molar-refractivity contribution is 5.58. The van der Waals surface area contributed by atoms with Crippen LogP contribution in [0, 0.1) is 0 Å². The molecule has 0 unspecified atom stereocenters. The van der Waals surface area contributed by atoms with Crippen LogP contribution in [-0.2, 0) is 0 Å². The zero-order valence-corrected chi connectivity index (χ0v) is 17.2. The van der Waals surface area contributed by atoms with Crippen LogP contribution in [-0.4, -0.2) is 53.6 Å². The molecule has 3 heterocycles. The molecule has 2 aromatic heterocycles. The molecular formula is C23H22N6O2. The Kier molecular flexibility index (Phi) is 5.18. The second kappa shape index (κ2) is 8.43. The molecule has 0 N–H and O–H groups in total. The van der Waals surface area contributed by atoms with Crippen molar-refractivity contribution >= 4 is 11.5 Å². The third-order valence-corrected chi connectivity index (χ3v) is 5.35. The van der Waals surface area contributed by atoms with Crippen molar-refractivity contribution in [1.29, 1.82) is 0 Å². The van der Waals surface area contributed by atoms with Crippen LogP contribution in [0.4, 0.5) is 11.5 Å². The Morgan fingerprint density at radius 1 is 0.839 bits per heavy atom. The van der Waals surface area contributed by atoms with Crippen molar-refractivity contribution < 1.29 is 9.26 Å². The van der Waals surface area contributed by atoms with E-state index in [4.69, 9.17) is 9.26 Å². The largest absolute Gasteiger partial charge is 0.497 e. The van der Waals surface area contributed by atoms with Gasteiger partial charge in [-0.25, -0.2) is 0 Å². The smallest absolute Gasteiger partial charge is 0.278 e. The van der Waals surface area contributed by atoms with Crippen molar-refractivity contribution in [2.45, 2.75) is 0 Å². The SMILES string of the molecule is COc1cccc(N2CCN(c3ccc(-c4nc(-c5ccccc5)no4)nn3)CC2)c1. The van der Waals surface area contributed by atoms with Crippen LogP contribution < -0.4 is 14.5 Å². The van der Waals surface area contributed by atoms with E-state index in [0.29, 0.717) is 17.4 Å². The fourth-order valence-electron chi connectivity index (χ4n) is 3.64. The van der Waals surface area contributed by atoms with E-state index in [2.05, 4.69) is 42.3 Å². The third-order valence-electron chi connectivity index (χ3n) is 5.35. The van der Waals surface area contributed by atoms with Gasteiger partial charge in [0.2, 0.25) is 5.82 Å². The van der Waals surface area contributed by atoms with Gasteiger partial charge in [0.05, 0.1) is 7.11 Å². The van der Waals surface area contributed by atoms with Crippen LogP contribution in [0.3, 0.4) is 0 Å². The molecule has 0 saturated carbocycles. The van der Waals surface area contributed by atoms with Gasteiger partial charge in [0.1, 0.15) is 5.75 Å². The van der Waals surface area contributed by atoms with Gasteiger partial charge in [-0.2, -0.15) is 4.98 Å². The van der Waals surface area contributed by atoms with Crippen molar-refractivity contribution in [3.8, 4) is 28.7 Å². The highest BCUT2D eigenvalue weighted by Crippen LogP contribution is 2.24. The summed E-state index contributed by atoms with van der Waals surface area (Å²) in [7, 11) is 1.69. The number of methoxy groups -OCH3 is 1. The predicted octanol–water partition coefficient (Wildman–Crippen LogP) is 3.53. The molecule has 4 aromatic rings. The minimum absolute atomic E-state index is 0.362. The van der Waals surface area contributed by atoms with Gasteiger partial charge in [0.15, 0.2) is 11.5 Å². The number of benzene rings is 2. The Morgan fingerprint density at radius 2 is 1.65 bits per heavy atom. The summed E-state index contributed by atoms with van der Waals surface area (Å²) >= 11 is 0. The maximum absolute atomic E-state index is 5.38. The van der Waals surface area contributed by atoms with Gasteiger partial charge in [0.25, 0.3) is 5.89 Å². The number of anilines is 2. The van der Waals surface area contributed by atoms with Gasteiger partial charge in [-0.1, -0.05) is 41.6 Å². The van der Waals surface area contributed by atoms with E-state index < -0.39 is 0 Å². The third kappa shape index (κ3) is 4.05. The first-order chi connectivity index (χ1) is 15.3. The van der Waals surface area contributed by atoms with Gasteiger partial charge >= 0.3 is 0 Å². The Morgan fingerprint density at radius 3 is 2.39 bits per heavy atom. The monoisotopic (exact) mass is 414 g/mol. The van der Waals surface area contributed by atoms with E-state index in [1.54, 1.807) is 7.11 Å². The van der Waals surface area contributed by atoms with Crippen LogP contribution in [0.25, 0.3) is 23.0 Å². The normalized spacial score (nSPS) is 14.0. The molecule has 8 nitrogen and oxygen atoms in total. The first-order valence-electron chi connectivity index (χ1n) is 10.2. The summed E-state index contributed by atoms with van der Waals surface area (Å²) in [4.78, 5) is 9.02. The minimum Gasteiger partial charge on any atom is -0.497 e. The van der Waals surface area contributed by atoms with Gasteiger partial charge in [0, 0.05) is 43.5 Å². The molecule has 0 bridgehead atoms. The van der Waals surface area contributed by atoms with Crippen LogP contribution in [0.5, 0.6) is 5.75 Å². The summed E-state index contributed by atoms with van der Waals surface area (Å²) in [6, 6.07) is 21.7. The highest BCUT2D eigenvalue weighted by atomic mass is 16.5. The van der Waals surface area contributed by atoms with Crippen LogP contribution in [0.1, 0.15) is 0 Å². The molecule has 1 aliphatic rings. The van der Waals surface area contributed by atoms with Crippen LogP contribution >= 0.6 is 0 Å². The van der Waals surface area contributed by atoms with E-state index in [1.165, 1.54) is 5.69 Å². The molecular weight excluding hydrogens is 392 g/mol. The van der Waals surface area contributed by atoms with Crippen molar-refractivity contribution in [3.63, 3.8) is 0 Å². The predicted molar refractivity (Wildman–Crippen MR) is 118 cm³/mol. The Labute approximate surface area is 180 Å². The minimum atomic E-state index is 0.362. The quantitative estimate of drug-likeness (QED) is 0.491. The van der Waals surface area contributed by atoms with E-state index >= 15 is 0 Å². The average molecular weight is 414 g/mol. The number of nitrogens with zero attached hydrogens (tertiary/aromatic N) is 6. The lowest BCUT2D eigenvalue weighted by atomic mass is 10.2. The van der Waals surface area contributed by atoms with Gasteiger partial charge in [-0.15, -0.1) is 10.2 Å². The lowest BCUT2D eigenvalue weighted by Crippen LogP contribution is -2.46. The van der Waals surface area contributed by atoms with Crippen LogP contribution in [0.2, 0.25) is 0 Å².